The molecular formula is C22H20F3NO3. The number of rotatable bonds is 7. The molecule has 3 rings (SSSR count). The van der Waals surface area contributed by atoms with E-state index in [2.05, 4.69) is 5.32 Å². The SMILES string of the molecule is CC(=O)C(C(=O)N[C@H](c1ccccc1)C1CC1)c1cccc(C(F)(F)F)c1C=O. The summed E-state index contributed by atoms with van der Waals surface area (Å²) >= 11 is 0. The van der Waals surface area contributed by atoms with Crippen molar-refractivity contribution in [2.75, 3.05) is 0 Å². The van der Waals surface area contributed by atoms with Gasteiger partial charge in [0.05, 0.1) is 11.6 Å². The summed E-state index contributed by atoms with van der Waals surface area (Å²) in [6.07, 6.45) is -2.90. The van der Waals surface area contributed by atoms with Crippen LogP contribution in [0.3, 0.4) is 0 Å². The lowest BCUT2D eigenvalue weighted by atomic mass is 9.87. The molecule has 1 saturated carbocycles. The van der Waals surface area contributed by atoms with Crippen molar-refractivity contribution in [3.05, 3.63) is 70.8 Å². The summed E-state index contributed by atoms with van der Waals surface area (Å²) in [6.45, 7) is 1.13. The Bertz CT molecular complexity index is 921. The average molecular weight is 403 g/mol. The summed E-state index contributed by atoms with van der Waals surface area (Å²) in [6, 6.07) is 12.0. The van der Waals surface area contributed by atoms with Gasteiger partial charge in [0.15, 0.2) is 6.29 Å². The van der Waals surface area contributed by atoms with Crippen LogP contribution in [0, 0.1) is 5.92 Å². The van der Waals surface area contributed by atoms with Gasteiger partial charge in [0, 0.05) is 5.56 Å². The first-order valence-corrected chi connectivity index (χ1v) is 9.25. The molecule has 0 saturated heterocycles. The lowest BCUT2D eigenvalue weighted by Gasteiger charge is -2.23. The fraction of sp³-hybridized carbons (Fsp3) is 0.318. The number of alkyl halides is 3. The summed E-state index contributed by atoms with van der Waals surface area (Å²) in [7, 11) is 0. The molecular weight excluding hydrogens is 383 g/mol. The monoisotopic (exact) mass is 403 g/mol. The van der Waals surface area contributed by atoms with Crippen LogP contribution in [0.15, 0.2) is 48.5 Å². The van der Waals surface area contributed by atoms with Gasteiger partial charge < -0.3 is 5.32 Å². The zero-order chi connectivity index (χ0) is 21.2. The van der Waals surface area contributed by atoms with Crippen LogP contribution in [0.1, 0.15) is 58.8 Å². The average Bonchev–Trinajstić information content (AvgIpc) is 3.51. The van der Waals surface area contributed by atoms with Crippen LogP contribution in [-0.2, 0) is 15.8 Å². The molecule has 4 nitrogen and oxygen atoms in total. The van der Waals surface area contributed by atoms with Crippen LogP contribution in [-0.4, -0.2) is 18.0 Å². The van der Waals surface area contributed by atoms with E-state index in [1.54, 1.807) is 0 Å². The number of aldehydes is 1. The number of ketones is 1. The van der Waals surface area contributed by atoms with Gasteiger partial charge in [-0.3, -0.25) is 14.4 Å². The number of nitrogens with one attached hydrogen (secondary N) is 1. The minimum absolute atomic E-state index is 0.0525. The first-order chi connectivity index (χ1) is 13.7. The lowest BCUT2D eigenvalue weighted by molar-refractivity contribution is -0.138. The number of hydrogen-bond acceptors (Lipinski definition) is 3. The van der Waals surface area contributed by atoms with Crippen molar-refractivity contribution in [2.24, 2.45) is 5.92 Å². The summed E-state index contributed by atoms with van der Waals surface area (Å²) in [5, 5.41) is 2.83. The van der Waals surface area contributed by atoms with E-state index >= 15 is 0 Å². The van der Waals surface area contributed by atoms with Crippen LogP contribution in [0.4, 0.5) is 13.2 Å². The maximum Gasteiger partial charge on any atom is 0.417 e. The Balaban J connectivity index is 1.97. The maximum atomic E-state index is 13.3. The fourth-order valence-corrected chi connectivity index (χ4v) is 3.56. The number of amides is 1. The summed E-state index contributed by atoms with van der Waals surface area (Å²) < 4.78 is 39.8. The quantitative estimate of drug-likeness (QED) is 0.549. The molecule has 0 heterocycles. The van der Waals surface area contributed by atoms with Gasteiger partial charge in [0.1, 0.15) is 11.7 Å². The smallest absolute Gasteiger partial charge is 0.348 e. The summed E-state index contributed by atoms with van der Waals surface area (Å²) in [5.41, 5.74) is -1.21. The molecule has 0 radical (unpaired) electrons. The van der Waals surface area contributed by atoms with Crippen molar-refractivity contribution in [3.8, 4) is 0 Å². The molecule has 1 fully saturated rings. The standard InChI is InChI=1S/C22H20F3NO3/c1-13(28)19(16-8-5-9-18(17(16)12-27)22(23,24)25)21(29)26-20(15-10-11-15)14-6-3-2-4-7-14/h2-9,12,15,19-20H,10-11H2,1H3,(H,26,29)/t19?,20-/m1/s1. The molecule has 2 aromatic carbocycles. The first-order valence-electron chi connectivity index (χ1n) is 9.25. The van der Waals surface area contributed by atoms with Crippen LogP contribution < -0.4 is 5.32 Å². The second-order valence-electron chi connectivity index (χ2n) is 7.20. The van der Waals surface area contributed by atoms with E-state index in [4.69, 9.17) is 0 Å². The molecule has 0 aromatic heterocycles. The number of benzene rings is 2. The molecule has 0 spiro atoms. The van der Waals surface area contributed by atoms with Crippen LogP contribution in [0.25, 0.3) is 0 Å². The van der Waals surface area contributed by atoms with Crippen molar-refractivity contribution in [1.82, 2.24) is 5.32 Å². The predicted octanol–water partition coefficient (Wildman–Crippen LogP) is 4.46. The second kappa shape index (κ2) is 8.19. The van der Waals surface area contributed by atoms with Gasteiger partial charge in [-0.05, 0) is 42.9 Å². The Morgan fingerprint density at radius 3 is 2.24 bits per heavy atom. The Morgan fingerprint density at radius 1 is 1.07 bits per heavy atom. The van der Waals surface area contributed by atoms with E-state index in [1.807, 2.05) is 30.3 Å². The minimum Gasteiger partial charge on any atom is -0.348 e. The Hall–Kier alpha value is -2.96. The van der Waals surface area contributed by atoms with E-state index in [1.165, 1.54) is 6.07 Å². The highest BCUT2D eigenvalue weighted by atomic mass is 19.4. The maximum absolute atomic E-state index is 13.3. The van der Waals surface area contributed by atoms with Crippen molar-refractivity contribution in [2.45, 2.75) is 37.9 Å². The van der Waals surface area contributed by atoms with Gasteiger partial charge in [-0.15, -0.1) is 0 Å². The summed E-state index contributed by atoms with van der Waals surface area (Å²) in [4.78, 5) is 36.7. The molecule has 7 heteroatoms. The predicted molar refractivity (Wildman–Crippen MR) is 100 cm³/mol. The van der Waals surface area contributed by atoms with Gasteiger partial charge in [0.25, 0.3) is 0 Å². The van der Waals surface area contributed by atoms with Crippen molar-refractivity contribution < 1.29 is 27.6 Å². The van der Waals surface area contributed by atoms with Crippen LogP contribution >= 0.6 is 0 Å². The molecule has 1 N–H and O–H groups in total. The third-order valence-corrected chi connectivity index (χ3v) is 5.09. The highest BCUT2D eigenvalue weighted by Crippen LogP contribution is 2.41. The van der Waals surface area contributed by atoms with Crippen molar-refractivity contribution >= 4 is 18.0 Å². The van der Waals surface area contributed by atoms with Crippen LogP contribution in [0.2, 0.25) is 0 Å². The highest BCUT2D eigenvalue weighted by molar-refractivity contribution is 6.07. The van der Waals surface area contributed by atoms with Gasteiger partial charge in [0.2, 0.25) is 5.91 Å². The number of Topliss-reactive ketones (excluding diaryl/α,β-unsaturated/α-hetero) is 1. The molecule has 0 aliphatic heterocycles. The molecule has 1 aliphatic carbocycles. The fourth-order valence-electron chi connectivity index (χ4n) is 3.56. The van der Waals surface area contributed by atoms with E-state index in [0.29, 0.717) is 0 Å². The lowest BCUT2D eigenvalue weighted by Crippen LogP contribution is -2.37. The number of carbonyl (C=O) groups is 3. The van der Waals surface area contributed by atoms with E-state index in [-0.39, 0.29) is 23.8 Å². The Kier molecular flexibility index (Phi) is 5.86. The van der Waals surface area contributed by atoms with Crippen molar-refractivity contribution in [3.63, 3.8) is 0 Å². The topological polar surface area (TPSA) is 63.2 Å². The van der Waals surface area contributed by atoms with Crippen LogP contribution in [0.5, 0.6) is 0 Å². The van der Waals surface area contributed by atoms with Gasteiger partial charge in [-0.25, -0.2) is 0 Å². The molecule has 29 heavy (non-hydrogen) atoms. The van der Waals surface area contributed by atoms with E-state index in [9.17, 15) is 27.6 Å². The zero-order valence-corrected chi connectivity index (χ0v) is 15.7. The third kappa shape index (κ3) is 4.55. The molecule has 1 unspecified atom stereocenters. The Morgan fingerprint density at radius 2 is 1.72 bits per heavy atom. The molecule has 1 amide bonds. The normalized spacial score (nSPS) is 16.0. The number of carbonyl (C=O) groups excluding carboxylic acids is 3. The second-order valence-corrected chi connectivity index (χ2v) is 7.20. The van der Waals surface area contributed by atoms with Gasteiger partial charge in [-0.2, -0.15) is 13.2 Å². The number of halogens is 3. The largest absolute Gasteiger partial charge is 0.417 e. The number of hydrogen-bond donors (Lipinski definition) is 1. The Labute approximate surface area is 166 Å². The van der Waals surface area contributed by atoms with E-state index < -0.39 is 34.9 Å². The zero-order valence-electron chi connectivity index (χ0n) is 15.7. The van der Waals surface area contributed by atoms with Gasteiger partial charge >= 0.3 is 6.18 Å². The summed E-state index contributed by atoms with van der Waals surface area (Å²) in [5.74, 6) is -2.63. The molecule has 2 atom stereocenters. The molecule has 152 valence electrons. The molecule has 2 aromatic rings. The highest BCUT2D eigenvalue weighted by Gasteiger charge is 2.39. The first kappa shape index (κ1) is 20.8. The third-order valence-electron chi connectivity index (χ3n) is 5.09. The van der Waals surface area contributed by atoms with Gasteiger partial charge in [-0.1, -0.05) is 42.5 Å². The van der Waals surface area contributed by atoms with E-state index in [0.717, 1.165) is 37.5 Å². The molecule has 0 bridgehead atoms. The minimum atomic E-state index is -4.77. The van der Waals surface area contributed by atoms with Crippen molar-refractivity contribution in [1.29, 1.82) is 0 Å². The molecule has 1 aliphatic rings.